The summed E-state index contributed by atoms with van der Waals surface area (Å²) in [7, 11) is 1.25. The van der Waals surface area contributed by atoms with E-state index in [0.717, 1.165) is 9.13 Å². The molecule has 2 N–H and O–H groups in total. The van der Waals surface area contributed by atoms with E-state index in [1.807, 2.05) is 24.3 Å². The molecule has 6 nitrogen and oxygen atoms in total. The Morgan fingerprint density at radius 2 is 1.45 bits per heavy atom. The molecular formula is C21H22FIN2O4. The molecule has 0 aliphatic heterocycles. The lowest BCUT2D eigenvalue weighted by Crippen LogP contribution is -2.53. The van der Waals surface area contributed by atoms with E-state index in [-0.39, 0.29) is 18.7 Å². The Morgan fingerprint density at radius 3 is 1.97 bits per heavy atom. The SMILES string of the molecule is COC(=O)[C@H](Cc1ccc(I)cc1)NC(=O)[C@@H](Cc1ccc(F)cc1)NC(C)=O. The standard InChI is InChI=1S/C21H22FIN2O4/c1-13(26)24-18(11-14-3-7-16(22)8-4-14)20(27)25-19(21(28)29-2)12-15-5-9-17(23)10-6-15/h3-10,18-19H,11-12H2,1-2H3,(H,24,26)(H,25,27)/t18-,19+/m1/s1. The Labute approximate surface area is 182 Å². The molecule has 154 valence electrons. The molecule has 0 fully saturated rings. The highest BCUT2D eigenvalue weighted by Crippen LogP contribution is 2.11. The number of rotatable bonds is 8. The molecule has 2 atom stereocenters. The molecule has 0 bridgehead atoms. The Hall–Kier alpha value is -2.49. The van der Waals surface area contributed by atoms with E-state index in [2.05, 4.69) is 33.2 Å². The van der Waals surface area contributed by atoms with Crippen molar-refractivity contribution in [1.82, 2.24) is 10.6 Å². The summed E-state index contributed by atoms with van der Waals surface area (Å²) in [4.78, 5) is 36.6. The van der Waals surface area contributed by atoms with Crippen molar-refractivity contribution in [3.05, 3.63) is 69.0 Å². The van der Waals surface area contributed by atoms with E-state index >= 15 is 0 Å². The van der Waals surface area contributed by atoms with E-state index in [9.17, 15) is 18.8 Å². The van der Waals surface area contributed by atoms with Gasteiger partial charge >= 0.3 is 5.97 Å². The van der Waals surface area contributed by atoms with Gasteiger partial charge in [-0.3, -0.25) is 9.59 Å². The monoisotopic (exact) mass is 512 g/mol. The molecular weight excluding hydrogens is 490 g/mol. The second-order valence-corrected chi connectivity index (χ2v) is 7.74. The van der Waals surface area contributed by atoms with Gasteiger partial charge in [-0.1, -0.05) is 24.3 Å². The van der Waals surface area contributed by atoms with Crippen LogP contribution in [0.25, 0.3) is 0 Å². The van der Waals surface area contributed by atoms with Crippen LogP contribution in [0, 0.1) is 9.39 Å². The van der Waals surface area contributed by atoms with Crippen LogP contribution < -0.4 is 10.6 Å². The zero-order valence-electron chi connectivity index (χ0n) is 16.1. The number of nitrogens with one attached hydrogen (secondary N) is 2. The van der Waals surface area contributed by atoms with E-state index < -0.39 is 29.8 Å². The molecule has 2 aromatic rings. The van der Waals surface area contributed by atoms with E-state index in [1.165, 1.54) is 26.2 Å². The largest absolute Gasteiger partial charge is 0.467 e. The van der Waals surface area contributed by atoms with E-state index in [0.29, 0.717) is 5.56 Å². The zero-order valence-corrected chi connectivity index (χ0v) is 18.2. The summed E-state index contributed by atoms with van der Waals surface area (Å²) in [6.45, 7) is 1.30. The second-order valence-electron chi connectivity index (χ2n) is 6.50. The Bertz CT molecular complexity index is 856. The van der Waals surface area contributed by atoms with E-state index in [4.69, 9.17) is 4.74 Å². The number of halogens is 2. The normalized spacial score (nSPS) is 12.6. The number of carbonyl (C=O) groups is 3. The lowest BCUT2D eigenvalue weighted by atomic mass is 10.0. The van der Waals surface area contributed by atoms with Crippen LogP contribution in [0.4, 0.5) is 4.39 Å². The van der Waals surface area contributed by atoms with Gasteiger partial charge in [-0.15, -0.1) is 0 Å². The van der Waals surface area contributed by atoms with Crippen molar-refractivity contribution in [2.24, 2.45) is 0 Å². The van der Waals surface area contributed by atoms with Gasteiger partial charge in [0.05, 0.1) is 7.11 Å². The molecule has 0 heterocycles. The topological polar surface area (TPSA) is 84.5 Å². The summed E-state index contributed by atoms with van der Waals surface area (Å²) in [5.41, 5.74) is 1.53. The van der Waals surface area contributed by atoms with Gasteiger partial charge in [-0.2, -0.15) is 0 Å². The fourth-order valence-electron chi connectivity index (χ4n) is 2.77. The van der Waals surface area contributed by atoms with E-state index in [1.54, 1.807) is 12.1 Å². The molecule has 29 heavy (non-hydrogen) atoms. The number of ether oxygens (including phenoxy) is 1. The molecule has 0 saturated heterocycles. The smallest absolute Gasteiger partial charge is 0.328 e. The van der Waals surface area contributed by atoms with Crippen LogP contribution in [0.2, 0.25) is 0 Å². The van der Waals surface area contributed by atoms with Crippen LogP contribution in [0.3, 0.4) is 0 Å². The summed E-state index contributed by atoms with van der Waals surface area (Å²) >= 11 is 2.18. The predicted octanol–water partition coefficient (Wildman–Crippen LogP) is 2.38. The van der Waals surface area contributed by atoms with Gasteiger partial charge in [0.15, 0.2) is 0 Å². The number of hydrogen-bond acceptors (Lipinski definition) is 4. The first kappa shape index (κ1) is 22.8. The van der Waals surface area contributed by atoms with Crippen molar-refractivity contribution < 1.29 is 23.5 Å². The molecule has 2 rings (SSSR count). The van der Waals surface area contributed by atoms with Gasteiger partial charge in [-0.05, 0) is 58.0 Å². The van der Waals surface area contributed by atoms with Crippen LogP contribution in [0.15, 0.2) is 48.5 Å². The van der Waals surface area contributed by atoms with Crippen LogP contribution in [0.5, 0.6) is 0 Å². The zero-order chi connectivity index (χ0) is 21.4. The highest BCUT2D eigenvalue weighted by atomic mass is 127. The highest BCUT2D eigenvalue weighted by Gasteiger charge is 2.27. The second kappa shape index (κ2) is 10.9. The van der Waals surface area contributed by atoms with Gasteiger partial charge in [0.25, 0.3) is 0 Å². The molecule has 0 radical (unpaired) electrons. The summed E-state index contributed by atoms with van der Waals surface area (Å²) in [6, 6.07) is 11.4. The molecule has 0 spiro atoms. The Kier molecular flexibility index (Phi) is 8.56. The average molecular weight is 512 g/mol. The number of methoxy groups -OCH3 is 1. The number of esters is 1. The summed E-state index contributed by atoms with van der Waals surface area (Å²) in [5.74, 6) is -1.89. The number of benzene rings is 2. The fraction of sp³-hybridized carbons (Fsp3) is 0.286. The van der Waals surface area contributed by atoms with Crippen LogP contribution >= 0.6 is 22.6 Å². The summed E-state index contributed by atoms with van der Waals surface area (Å²) in [6.07, 6.45) is 0.405. The summed E-state index contributed by atoms with van der Waals surface area (Å²) < 4.78 is 19.0. The maximum absolute atomic E-state index is 13.1. The van der Waals surface area contributed by atoms with Gasteiger partial charge in [0.1, 0.15) is 17.9 Å². The maximum atomic E-state index is 13.1. The first-order valence-corrected chi connectivity index (χ1v) is 10.0. The van der Waals surface area contributed by atoms with Crippen molar-refractivity contribution >= 4 is 40.4 Å². The van der Waals surface area contributed by atoms with Crippen LogP contribution in [-0.4, -0.2) is 37.0 Å². The quantitative estimate of drug-likeness (QED) is 0.421. The molecule has 0 unspecified atom stereocenters. The third kappa shape index (κ3) is 7.45. The van der Waals surface area contributed by atoms with Crippen molar-refractivity contribution in [1.29, 1.82) is 0 Å². The number of hydrogen-bond donors (Lipinski definition) is 2. The van der Waals surface area contributed by atoms with Gasteiger partial charge in [-0.25, -0.2) is 9.18 Å². The number of amides is 2. The lowest BCUT2D eigenvalue weighted by molar-refractivity contribution is -0.145. The maximum Gasteiger partial charge on any atom is 0.328 e. The number of carbonyl (C=O) groups excluding carboxylic acids is 3. The highest BCUT2D eigenvalue weighted by molar-refractivity contribution is 14.1. The van der Waals surface area contributed by atoms with Gasteiger partial charge in [0, 0.05) is 23.3 Å². The lowest BCUT2D eigenvalue weighted by Gasteiger charge is -2.22. The van der Waals surface area contributed by atoms with Gasteiger partial charge in [0.2, 0.25) is 11.8 Å². The third-order valence-electron chi connectivity index (χ3n) is 4.20. The molecule has 0 aliphatic carbocycles. The minimum atomic E-state index is -0.915. The van der Waals surface area contributed by atoms with Gasteiger partial charge < -0.3 is 15.4 Å². The molecule has 8 heteroatoms. The Morgan fingerprint density at radius 1 is 0.931 bits per heavy atom. The summed E-state index contributed by atoms with van der Waals surface area (Å²) in [5, 5.41) is 5.24. The van der Waals surface area contributed by atoms with Crippen molar-refractivity contribution in [3.8, 4) is 0 Å². The molecule has 2 amide bonds. The molecule has 2 aromatic carbocycles. The fourth-order valence-corrected chi connectivity index (χ4v) is 3.13. The first-order chi connectivity index (χ1) is 13.8. The molecule has 0 aromatic heterocycles. The average Bonchev–Trinajstić information content (AvgIpc) is 2.69. The predicted molar refractivity (Wildman–Crippen MR) is 115 cm³/mol. The minimum Gasteiger partial charge on any atom is -0.467 e. The third-order valence-corrected chi connectivity index (χ3v) is 4.92. The Balaban J connectivity index is 2.15. The van der Waals surface area contributed by atoms with Crippen LogP contribution in [0.1, 0.15) is 18.1 Å². The first-order valence-electron chi connectivity index (χ1n) is 8.92. The van der Waals surface area contributed by atoms with Crippen molar-refractivity contribution in [2.45, 2.75) is 31.8 Å². The molecule has 0 aliphatic rings. The van der Waals surface area contributed by atoms with Crippen molar-refractivity contribution in [2.75, 3.05) is 7.11 Å². The minimum absolute atomic E-state index is 0.156. The van der Waals surface area contributed by atoms with Crippen molar-refractivity contribution in [3.63, 3.8) is 0 Å². The van der Waals surface area contributed by atoms with Crippen LogP contribution in [-0.2, 0) is 32.0 Å². The molecule has 0 saturated carbocycles.